The number of hydrogen-bond donors (Lipinski definition) is 1. The summed E-state index contributed by atoms with van der Waals surface area (Å²) in [5.41, 5.74) is 4.88. The molecule has 0 aliphatic rings. The smallest absolute Gasteiger partial charge is 0.228 e. The van der Waals surface area contributed by atoms with Crippen molar-refractivity contribution in [2.75, 3.05) is 5.32 Å². The number of benzene rings is 2. The van der Waals surface area contributed by atoms with E-state index in [4.69, 9.17) is 0 Å². The summed E-state index contributed by atoms with van der Waals surface area (Å²) in [5.74, 6) is -0.0215. The van der Waals surface area contributed by atoms with Gasteiger partial charge in [-0.2, -0.15) is 0 Å². The van der Waals surface area contributed by atoms with Crippen LogP contribution >= 0.6 is 11.3 Å². The van der Waals surface area contributed by atoms with Crippen LogP contribution in [0.3, 0.4) is 0 Å². The first-order valence-electron chi connectivity index (χ1n) is 8.05. The molecule has 0 fully saturated rings. The van der Waals surface area contributed by atoms with Crippen molar-refractivity contribution in [3.8, 4) is 11.3 Å². The van der Waals surface area contributed by atoms with Gasteiger partial charge in [0.15, 0.2) is 4.96 Å². The quantitative estimate of drug-likeness (QED) is 0.588. The van der Waals surface area contributed by atoms with Crippen molar-refractivity contribution >= 4 is 27.9 Å². The second-order valence-corrected chi connectivity index (χ2v) is 6.88. The van der Waals surface area contributed by atoms with Crippen LogP contribution in [0.25, 0.3) is 16.2 Å². The number of aromatic nitrogens is 2. The minimum atomic E-state index is -0.0215. The third-order valence-electron chi connectivity index (χ3n) is 4.02. The number of thiazole rings is 1. The third-order valence-corrected chi connectivity index (χ3v) is 4.79. The van der Waals surface area contributed by atoms with E-state index in [0.717, 1.165) is 27.5 Å². The van der Waals surface area contributed by atoms with Gasteiger partial charge in [0.1, 0.15) is 0 Å². The molecule has 4 aromatic rings. The van der Waals surface area contributed by atoms with Crippen LogP contribution in [0.2, 0.25) is 0 Å². The number of carbonyl (C=O) groups excluding carboxylic acids is 1. The Morgan fingerprint density at radius 1 is 1.20 bits per heavy atom. The second-order valence-electron chi connectivity index (χ2n) is 6.01. The van der Waals surface area contributed by atoms with E-state index in [1.807, 2.05) is 77.6 Å². The van der Waals surface area contributed by atoms with Gasteiger partial charge in [0.05, 0.1) is 12.1 Å². The van der Waals surface area contributed by atoms with E-state index in [0.29, 0.717) is 6.42 Å². The van der Waals surface area contributed by atoms with Crippen LogP contribution in [0.5, 0.6) is 0 Å². The second kappa shape index (κ2) is 6.53. The number of nitrogens with one attached hydrogen (secondary N) is 1. The predicted molar refractivity (Wildman–Crippen MR) is 102 cm³/mol. The van der Waals surface area contributed by atoms with Gasteiger partial charge in [-0.05, 0) is 24.6 Å². The fourth-order valence-corrected chi connectivity index (χ4v) is 3.42. The lowest BCUT2D eigenvalue weighted by Gasteiger charge is -2.07. The van der Waals surface area contributed by atoms with Crippen LogP contribution in [0, 0.1) is 6.92 Å². The molecule has 2 heterocycles. The molecule has 0 atom stereocenters. The molecule has 2 aromatic carbocycles. The zero-order valence-electron chi connectivity index (χ0n) is 13.8. The van der Waals surface area contributed by atoms with Gasteiger partial charge in [-0.15, -0.1) is 11.3 Å². The molecular formula is C20H17N3OS. The summed E-state index contributed by atoms with van der Waals surface area (Å²) in [4.78, 5) is 17.9. The highest BCUT2D eigenvalue weighted by molar-refractivity contribution is 7.15. The third kappa shape index (κ3) is 3.46. The van der Waals surface area contributed by atoms with E-state index in [1.54, 1.807) is 11.3 Å². The number of aryl methyl sites for hydroxylation is 1. The van der Waals surface area contributed by atoms with Crippen LogP contribution in [-0.2, 0) is 11.2 Å². The molecule has 5 heteroatoms. The molecule has 124 valence electrons. The highest BCUT2D eigenvalue weighted by Gasteiger charge is 2.08. The summed E-state index contributed by atoms with van der Waals surface area (Å²) >= 11 is 1.60. The normalized spacial score (nSPS) is 10.9. The Balaban J connectivity index is 1.50. The van der Waals surface area contributed by atoms with Gasteiger partial charge in [-0.1, -0.05) is 42.0 Å². The molecule has 25 heavy (non-hydrogen) atoms. The average Bonchev–Trinajstić information content (AvgIpc) is 3.19. The molecule has 0 unspecified atom stereocenters. The average molecular weight is 347 g/mol. The lowest BCUT2D eigenvalue weighted by molar-refractivity contribution is -0.115. The number of amides is 1. The first kappa shape index (κ1) is 15.6. The minimum absolute atomic E-state index is 0.0215. The minimum Gasteiger partial charge on any atom is -0.326 e. The molecule has 4 rings (SSSR count). The maximum atomic E-state index is 12.3. The Morgan fingerprint density at radius 2 is 2.04 bits per heavy atom. The van der Waals surface area contributed by atoms with Crippen molar-refractivity contribution in [3.05, 3.63) is 77.4 Å². The Morgan fingerprint density at radius 3 is 2.84 bits per heavy atom. The van der Waals surface area contributed by atoms with Gasteiger partial charge in [-0.25, -0.2) is 4.98 Å². The van der Waals surface area contributed by atoms with Gasteiger partial charge in [-0.3, -0.25) is 9.20 Å². The Kier molecular flexibility index (Phi) is 4.07. The number of carbonyl (C=O) groups is 1. The summed E-state index contributed by atoms with van der Waals surface area (Å²) in [5, 5.41) is 4.98. The monoisotopic (exact) mass is 347 g/mol. The first-order valence-corrected chi connectivity index (χ1v) is 8.93. The Bertz CT molecular complexity index is 1000. The SMILES string of the molecule is Cc1ccc(CC(=O)Nc2cccc(-c3cn4ccsc4n3)c2)cc1. The van der Waals surface area contributed by atoms with E-state index >= 15 is 0 Å². The van der Waals surface area contributed by atoms with Gasteiger partial charge in [0.25, 0.3) is 0 Å². The maximum absolute atomic E-state index is 12.3. The molecule has 1 N–H and O–H groups in total. The summed E-state index contributed by atoms with van der Waals surface area (Å²) in [7, 11) is 0. The van der Waals surface area contributed by atoms with Crippen molar-refractivity contribution < 1.29 is 4.79 Å². The molecule has 0 saturated heterocycles. The summed E-state index contributed by atoms with van der Waals surface area (Å²) in [6.45, 7) is 2.04. The Labute approximate surface area is 149 Å². The highest BCUT2D eigenvalue weighted by Crippen LogP contribution is 2.24. The van der Waals surface area contributed by atoms with Gasteiger partial charge in [0, 0.05) is 29.0 Å². The van der Waals surface area contributed by atoms with Crippen molar-refractivity contribution in [1.82, 2.24) is 9.38 Å². The van der Waals surface area contributed by atoms with E-state index in [1.165, 1.54) is 5.56 Å². The highest BCUT2D eigenvalue weighted by atomic mass is 32.1. The molecule has 0 spiro atoms. The molecule has 2 aromatic heterocycles. The molecule has 0 aliphatic carbocycles. The van der Waals surface area contributed by atoms with Crippen molar-refractivity contribution in [2.24, 2.45) is 0 Å². The summed E-state index contributed by atoms with van der Waals surface area (Å²) in [6, 6.07) is 15.8. The number of anilines is 1. The molecule has 0 radical (unpaired) electrons. The van der Waals surface area contributed by atoms with Crippen LogP contribution in [0.15, 0.2) is 66.3 Å². The molecule has 0 saturated carbocycles. The van der Waals surface area contributed by atoms with Crippen LogP contribution in [-0.4, -0.2) is 15.3 Å². The largest absolute Gasteiger partial charge is 0.326 e. The van der Waals surface area contributed by atoms with E-state index < -0.39 is 0 Å². The number of hydrogen-bond acceptors (Lipinski definition) is 3. The molecule has 0 bridgehead atoms. The number of nitrogens with zero attached hydrogens (tertiary/aromatic N) is 2. The van der Waals surface area contributed by atoms with Crippen LogP contribution < -0.4 is 5.32 Å². The number of imidazole rings is 1. The first-order chi connectivity index (χ1) is 12.2. The number of fused-ring (bicyclic) bond motifs is 1. The van der Waals surface area contributed by atoms with E-state index in [9.17, 15) is 4.79 Å². The zero-order chi connectivity index (χ0) is 17.2. The fraction of sp³-hybridized carbons (Fsp3) is 0.100. The van der Waals surface area contributed by atoms with Crippen molar-refractivity contribution in [3.63, 3.8) is 0 Å². The number of rotatable bonds is 4. The zero-order valence-corrected chi connectivity index (χ0v) is 14.6. The molecular weight excluding hydrogens is 330 g/mol. The van der Waals surface area contributed by atoms with E-state index in [-0.39, 0.29) is 5.91 Å². The Hall–Kier alpha value is -2.92. The summed E-state index contributed by atoms with van der Waals surface area (Å²) in [6.07, 6.45) is 4.35. The topological polar surface area (TPSA) is 46.4 Å². The lowest BCUT2D eigenvalue weighted by Crippen LogP contribution is -2.14. The lowest BCUT2D eigenvalue weighted by atomic mass is 10.1. The standard InChI is InChI=1S/C20H17N3OS/c1-14-5-7-15(8-6-14)11-19(24)21-17-4-2-3-16(12-17)18-13-23-9-10-25-20(23)22-18/h2-10,12-13H,11H2,1H3,(H,21,24). The maximum Gasteiger partial charge on any atom is 0.228 e. The van der Waals surface area contributed by atoms with Gasteiger partial charge in [0.2, 0.25) is 5.91 Å². The van der Waals surface area contributed by atoms with E-state index in [2.05, 4.69) is 10.3 Å². The molecule has 1 amide bonds. The molecule has 0 aliphatic heterocycles. The predicted octanol–water partition coefficient (Wildman–Crippen LogP) is 4.55. The van der Waals surface area contributed by atoms with Crippen LogP contribution in [0.1, 0.15) is 11.1 Å². The van der Waals surface area contributed by atoms with Crippen LogP contribution in [0.4, 0.5) is 5.69 Å². The van der Waals surface area contributed by atoms with Gasteiger partial charge < -0.3 is 5.32 Å². The summed E-state index contributed by atoms with van der Waals surface area (Å²) < 4.78 is 2.00. The molecule has 4 nitrogen and oxygen atoms in total. The van der Waals surface area contributed by atoms with Crippen molar-refractivity contribution in [1.29, 1.82) is 0 Å². The van der Waals surface area contributed by atoms with Crippen molar-refractivity contribution in [2.45, 2.75) is 13.3 Å². The van der Waals surface area contributed by atoms with Gasteiger partial charge >= 0.3 is 0 Å². The fourth-order valence-electron chi connectivity index (χ4n) is 2.72.